The SMILES string of the molecule is CSCC[C@H](N)C(=O)NC(C)c1ccc(C)c([N+](=O)[O-])c1.Cl. The predicted molar refractivity (Wildman–Crippen MR) is 92.6 cm³/mol. The average Bonchev–Trinajstić information content (AvgIpc) is 2.44. The van der Waals surface area contributed by atoms with Crippen molar-refractivity contribution in [1.29, 1.82) is 0 Å². The number of carbonyl (C=O) groups is 1. The number of benzene rings is 1. The molecule has 3 N–H and O–H groups in total. The lowest BCUT2D eigenvalue weighted by Gasteiger charge is -2.18. The highest BCUT2D eigenvalue weighted by Gasteiger charge is 2.18. The van der Waals surface area contributed by atoms with Crippen LogP contribution in [0.4, 0.5) is 5.69 Å². The van der Waals surface area contributed by atoms with Crippen LogP contribution in [0.2, 0.25) is 0 Å². The maximum absolute atomic E-state index is 11.9. The number of nitro benzene ring substituents is 1. The average molecular weight is 348 g/mol. The number of hydrogen-bond donors (Lipinski definition) is 2. The molecule has 0 saturated carbocycles. The van der Waals surface area contributed by atoms with Gasteiger partial charge in [0.15, 0.2) is 0 Å². The number of hydrogen-bond acceptors (Lipinski definition) is 5. The van der Waals surface area contributed by atoms with E-state index in [1.54, 1.807) is 37.7 Å². The van der Waals surface area contributed by atoms with Gasteiger partial charge in [0.2, 0.25) is 5.91 Å². The van der Waals surface area contributed by atoms with Crippen molar-refractivity contribution in [3.63, 3.8) is 0 Å². The Hall–Kier alpha value is -1.31. The summed E-state index contributed by atoms with van der Waals surface area (Å²) < 4.78 is 0. The molecule has 22 heavy (non-hydrogen) atoms. The molecule has 0 saturated heterocycles. The largest absolute Gasteiger partial charge is 0.348 e. The van der Waals surface area contributed by atoms with Gasteiger partial charge in [-0.1, -0.05) is 12.1 Å². The molecule has 0 bridgehead atoms. The van der Waals surface area contributed by atoms with Crippen LogP contribution in [0.25, 0.3) is 0 Å². The molecule has 0 aliphatic carbocycles. The summed E-state index contributed by atoms with van der Waals surface area (Å²) in [7, 11) is 0. The van der Waals surface area contributed by atoms with E-state index in [0.717, 1.165) is 5.75 Å². The second kappa shape index (κ2) is 9.66. The number of carbonyl (C=O) groups excluding carboxylic acids is 1. The monoisotopic (exact) mass is 347 g/mol. The number of aryl methyl sites for hydroxylation is 1. The second-order valence-electron chi connectivity index (χ2n) is 4.92. The first kappa shape index (κ1) is 20.7. The fourth-order valence-corrected chi connectivity index (χ4v) is 2.36. The van der Waals surface area contributed by atoms with Crippen molar-refractivity contribution in [3.05, 3.63) is 39.4 Å². The fourth-order valence-electron chi connectivity index (χ4n) is 1.87. The van der Waals surface area contributed by atoms with Gasteiger partial charge in [0.1, 0.15) is 0 Å². The van der Waals surface area contributed by atoms with Crippen LogP contribution < -0.4 is 11.1 Å². The Kier molecular flexibility index (Phi) is 9.08. The molecule has 0 aromatic heterocycles. The van der Waals surface area contributed by atoms with E-state index < -0.39 is 11.0 Å². The normalized spacial score (nSPS) is 12.9. The molecule has 1 amide bonds. The maximum atomic E-state index is 11.9. The predicted octanol–water partition coefficient (Wildman–Crippen LogP) is 2.58. The zero-order valence-electron chi connectivity index (χ0n) is 12.9. The second-order valence-corrected chi connectivity index (χ2v) is 5.91. The fraction of sp³-hybridized carbons (Fsp3) is 0.500. The highest BCUT2D eigenvalue weighted by atomic mass is 35.5. The molecular weight excluding hydrogens is 326 g/mol. The van der Waals surface area contributed by atoms with Crippen molar-refractivity contribution in [2.75, 3.05) is 12.0 Å². The van der Waals surface area contributed by atoms with E-state index in [9.17, 15) is 14.9 Å². The van der Waals surface area contributed by atoms with Crippen LogP contribution in [0, 0.1) is 17.0 Å². The van der Waals surface area contributed by atoms with Crippen molar-refractivity contribution in [1.82, 2.24) is 5.32 Å². The molecule has 1 aromatic rings. The van der Waals surface area contributed by atoms with Gasteiger partial charge < -0.3 is 11.1 Å². The molecule has 8 heteroatoms. The summed E-state index contributed by atoms with van der Waals surface area (Å²) in [6.07, 6.45) is 2.56. The van der Waals surface area contributed by atoms with E-state index in [1.807, 2.05) is 6.26 Å². The molecule has 0 aliphatic rings. The number of rotatable bonds is 7. The molecule has 1 aromatic carbocycles. The van der Waals surface area contributed by atoms with E-state index in [2.05, 4.69) is 5.32 Å². The quantitative estimate of drug-likeness (QED) is 0.583. The number of thioether (sulfide) groups is 1. The van der Waals surface area contributed by atoms with E-state index >= 15 is 0 Å². The first-order chi connectivity index (χ1) is 9.86. The molecule has 124 valence electrons. The van der Waals surface area contributed by atoms with E-state index in [1.165, 1.54) is 6.07 Å². The van der Waals surface area contributed by atoms with Crippen LogP contribution >= 0.6 is 24.2 Å². The summed E-state index contributed by atoms with van der Waals surface area (Å²) in [5, 5.41) is 13.7. The van der Waals surface area contributed by atoms with Crippen LogP contribution in [0.3, 0.4) is 0 Å². The van der Waals surface area contributed by atoms with Crippen LogP contribution in [0.1, 0.15) is 30.5 Å². The number of nitrogens with zero attached hydrogens (tertiary/aromatic N) is 1. The van der Waals surface area contributed by atoms with Crippen molar-refractivity contribution >= 4 is 35.8 Å². The Labute approximate surface area is 140 Å². The van der Waals surface area contributed by atoms with Gasteiger partial charge in [-0.05, 0) is 37.8 Å². The molecule has 6 nitrogen and oxygen atoms in total. The molecule has 0 heterocycles. The molecule has 1 unspecified atom stereocenters. The Bertz CT molecular complexity index is 528. The van der Waals surface area contributed by atoms with Crippen LogP contribution in [-0.4, -0.2) is 28.9 Å². The Morgan fingerprint density at radius 3 is 2.68 bits per heavy atom. The lowest BCUT2D eigenvalue weighted by Crippen LogP contribution is -2.41. The Balaban J connectivity index is 0.00000441. The first-order valence-corrected chi connectivity index (χ1v) is 8.06. The van der Waals surface area contributed by atoms with Crippen LogP contribution in [-0.2, 0) is 4.79 Å². The number of nitrogens with two attached hydrogens (primary N) is 1. The van der Waals surface area contributed by atoms with Crippen molar-refractivity contribution < 1.29 is 9.72 Å². The third kappa shape index (κ3) is 5.82. The third-order valence-corrected chi connectivity index (χ3v) is 3.90. The summed E-state index contributed by atoms with van der Waals surface area (Å²) in [5.41, 5.74) is 7.14. The summed E-state index contributed by atoms with van der Waals surface area (Å²) in [4.78, 5) is 22.5. The Morgan fingerprint density at radius 1 is 1.50 bits per heavy atom. The molecule has 0 fully saturated rings. The molecular formula is C14H22ClN3O3S. The minimum Gasteiger partial charge on any atom is -0.348 e. The van der Waals surface area contributed by atoms with Crippen molar-refractivity contribution in [2.24, 2.45) is 5.73 Å². The van der Waals surface area contributed by atoms with Gasteiger partial charge in [0.25, 0.3) is 5.69 Å². The van der Waals surface area contributed by atoms with Gasteiger partial charge in [0.05, 0.1) is 17.0 Å². The van der Waals surface area contributed by atoms with Crippen molar-refractivity contribution in [2.45, 2.75) is 32.4 Å². The topological polar surface area (TPSA) is 98.3 Å². The van der Waals surface area contributed by atoms with Gasteiger partial charge in [-0.15, -0.1) is 12.4 Å². The summed E-state index contributed by atoms with van der Waals surface area (Å²) in [5.74, 6) is 0.582. The highest BCUT2D eigenvalue weighted by Crippen LogP contribution is 2.23. The van der Waals surface area contributed by atoms with Crippen LogP contribution in [0.15, 0.2) is 18.2 Å². The molecule has 0 aliphatic heterocycles. The van der Waals surface area contributed by atoms with Gasteiger partial charge in [-0.3, -0.25) is 14.9 Å². The first-order valence-electron chi connectivity index (χ1n) is 6.66. The van der Waals surface area contributed by atoms with Gasteiger partial charge >= 0.3 is 0 Å². The molecule has 0 spiro atoms. The summed E-state index contributed by atoms with van der Waals surface area (Å²) >= 11 is 1.63. The van der Waals surface area contributed by atoms with E-state index in [-0.39, 0.29) is 30.0 Å². The molecule has 2 atom stereocenters. The number of halogens is 1. The summed E-state index contributed by atoms with van der Waals surface area (Å²) in [6, 6.07) is 4.08. The van der Waals surface area contributed by atoms with Gasteiger partial charge in [0, 0.05) is 11.6 Å². The van der Waals surface area contributed by atoms with E-state index in [0.29, 0.717) is 17.5 Å². The zero-order valence-corrected chi connectivity index (χ0v) is 14.5. The molecule has 1 rings (SSSR count). The number of amides is 1. The number of nitrogens with one attached hydrogen (secondary N) is 1. The lowest BCUT2D eigenvalue weighted by molar-refractivity contribution is -0.385. The minimum absolute atomic E-state index is 0. The third-order valence-electron chi connectivity index (χ3n) is 3.26. The lowest BCUT2D eigenvalue weighted by atomic mass is 10.0. The van der Waals surface area contributed by atoms with Crippen LogP contribution in [0.5, 0.6) is 0 Å². The highest BCUT2D eigenvalue weighted by molar-refractivity contribution is 7.98. The number of nitro groups is 1. The molecule has 0 radical (unpaired) electrons. The maximum Gasteiger partial charge on any atom is 0.272 e. The van der Waals surface area contributed by atoms with Gasteiger partial charge in [-0.25, -0.2) is 0 Å². The van der Waals surface area contributed by atoms with E-state index in [4.69, 9.17) is 5.73 Å². The zero-order chi connectivity index (χ0) is 16.0. The summed E-state index contributed by atoms with van der Waals surface area (Å²) in [6.45, 7) is 3.47. The Morgan fingerprint density at radius 2 is 2.14 bits per heavy atom. The smallest absolute Gasteiger partial charge is 0.272 e. The van der Waals surface area contributed by atoms with Crippen molar-refractivity contribution in [3.8, 4) is 0 Å². The van der Waals surface area contributed by atoms with Gasteiger partial charge in [-0.2, -0.15) is 11.8 Å². The minimum atomic E-state index is -0.555. The standard InChI is InChI=1S/C14H21N3O3S.ClH/c1-9-4-5-11(8-13(9)17(19)20)10(2)16-14(18)12(15)6-7-21-3;/h4-5,8,10,12H,6-7,15H2,1-3H3,(H,16,18);1H/t10?,12-;/m0./s1.